The maximum atomic E-state index is 12.9. The molecule has 0 unspecified atom stereocenters. The lowest BCUT2D eigenvalue weighted by atomic mass is 9.86. The number of benzene rings is 1. The highest BCUT2D eigenvalue weighted by Crippen LogP contribution is 2.30. The summed E-state index contributed by atoms with van der Waals surface area (Å²) in [6, 6.07) is 7.44. The molecule has 7 heteroatoms. The number of nitrogens with zero attached hydrogens (tertiary/aromatic N) is 2. The Morgan fingerprint density at radius 2 is 1.73 bits per heavy atom. The second-order valence-electron chi connectivity index (χ2n) is 8.48. The van der Waals surface area contributed by atoms with Crippen molar-refractivity contribution in [3.8, 4) is 22.8 Å². The highest BCUT2D eigenvalue weighted by atomic mass is 16.5. The lowest BCUT2D eigenvalue weighted by molar-refractivity contribution is 0.0357. The topological polar surface area (TPSA) is 87.7 Å². The summed E-state index contributed by atoms with van der Waals surface area (Å²) in [5.41, 5.74) is 1.33. The molecule has 1 amide bonds. The normalized spacial score (nSPS) is 15.3. The highest BCUT2D eigenvalue weighted by Gasteiger charge is 2.28. The number of aromatic amines is 1. The zero-order valence-electron chi connectivity index (χ0n) is 18.4. The van der Waals surface area contributed by atoms with Crippen molar-refractivity contribution in [3.05, 3.63) is 30.0 Å². The predicted octanol–water partition coefficient (Wildman–Crippen LogP) is 3.89. The second kappa shape index (κ2) is 9.51. The molecule has 1 aliphatic rings. The zero-order valence-corrected chi connectivity index (χ0v) is 18.4. The van der Waals surface area contributed by atoms with Crippen LogP contribution >= 0.6 is 0 Å². The van der Waals surface area contributed by atoms with E-state index in [0.29, 0.717) is 55.1 Å². The van der Waals surface area contributed by atoms with Gasteiger partial charge in [-0.3, -0.25) is 9.89 Å². The molecule has 1 aromatic carbocycles. The van der Waals surface area contributed by atoms with Crippen molar-refractivity contribution in [2.45, 2.75) is 52.6 Å². The van der Waals surface area contributed by atoms with Crippen LogP contribution in [0, 0.1) is 5.92 Å². The summed E-state index contributed by atoms with van der Waals surface area (Å²) < 4.78 is 11.3. The fourth-order valence-corrected chi connectivity index (χ4v) is 4.02. The van der Waals surface area contributed by atoms with Gasteiger partial charge in [0.25, 0.3) is 5.91 Å². The molecule has 0 atom stereocenters. The van der Waals surface area contributed by atoms with Crippen molar-refractivity contribution in [3.63, 3.8) is 0 Å². The monoisotopic (exact) mass is 415 g/mol. The van der Waals surface area contributed by atoms with Crippen LogP contribution in [0.3, 0.4) is 0 Å². The van der Waals surface area contributed by atoms with Crippen molar-refractivity contribution in [2.75, 3.05) is 26.3 Å². The van der Waals surface area contributed by atoms with Gasteiger partial charge in [0.1, 0.15) is 17.2 Å². The molecule has 2 aromatic rings. The Bertz CT molecular complexity index is 824. The lowest BCUT2D eigenvalue weighted by Gasteiger charge is -2.34. The number of carbonyl (C=O) groups excluding carboxylic acids is 1. The van der Waals surface area contributed by atoms with Crippen LogP contribution in [0.15, 0.2) is 24.3 Å². The molecule has 0 radical (unpaired) electrons. The molecule has 0 saturated carbocycles. The van der Waals surface area contributed by atoms with Gasteiger partial charge in [-0.05, 0) is 71.1 Å². The molecule has 0 aliphatic carbocycles. The molecule has 1 fully saturated rings. The number of hydrogen-bond acceptors (Lipinski definition) is 5. The Labute approximate surface area is 178 Å². The van der Waals surface area contributed by atoms with Gasteiger partial charge in [0.2, 0.25) is 0 Å². The Morgan fingerprint density at radius 3 is 2.27 bits per heavy atom. The summed E-state index contributed by atoms with van der Waals surface area (Å²) in [7, 11) is 0. The van der Waals surface area contributed by atoms with E-state index in [4.69, 9.17) is 9.47 Å². The van der Waals surface area contributed by atoms with Gasteiger partial charge in [-0.1, -0.05) is 0 Å². The average Bonchev–Trinajstić information content (AvgIpc) is 3.17. The predicted molar refractivity (Wildman–Crippen MR) is 116 cm³/mol. The highest BCUT2D eigenvalue weighted by molar-refractivity contribution is 5.93. The first-order chi connectivity index (χ1) is 14.3. The van der Waals surface area contributed by atoms with Crippen LogP contribution in [-0.4, -0.2) is 58.0 Å². The fraction of sp³-hybridized carbons (Fsp3) is 0.565. The summed E-state index contributed by atoms with van der Waals surface area (Å²) in [6.07, 6.45) is 2.58. The standard InChI is InChI=1S/C23H33N3O4/c1-5-29-18-11-17(12-19(13-18)30-6-2)20-14-21(25-24-20)22(27)26-9-7-16(8-10-26)15-23(3,4)28/h11-14,16,28H,5-10,15H2,1-4H3,(H,24,25). The van der Waals surface area contributed by atoms with Gasteiger partial charge in [0.15, 0.2) is 0 Å². The van der Waals surface area contributed by atoms with Gasteiger partial charge in [0, 0.05) is 24.7 Å². The molecule has 1 aromatic heterocycles. The van der Waals surface area contributed by atoms with Crippen LogP contribution in [0.1, 0.15) is 57.4 Å². The van der Waals surface area contributed by atoms with Crippen molar-refractivity contribution in [1.29, 1.82) is 0 Å². The molecule has 1 aliphatic heterocycles. The third-order valence-electron chi connectivity index (χ3n) is 5.30. The number of piperidine rings is 1. The smallest absolute Gasteiger partial charge is 0.271 e. The minimum Gasteiger partial charge on any atom is -0.494 e. The van der Waals surface area contributed by atoms with E-state index in [9.17, 15) is 9.90 Å². The first-order valence-electron chi connectivity index (χ1n) is 10.8. The van der Waals surface area contributed by atoms with E-state index < -0.39 is 5.60 Å². The van der Waals surface area contributed by atoms with E-state index in [1.165, 1.54) is 0 Å². The van der Waals surface area contributed by atoms with E-state index >= 15 is 0 Å². The number of aliphatic hydroxyl groups is 1. The van der Waals surface area contributed by atoms with Gasteiger partial charge in [0.05, 0.1) is 24.5 Å². The molecule has 30 heavy (non-hydrogen) atoms. The third kappa shape index (κ3) is 5.75. The van der Waals surface area contributed by atoms with Gasteiger partial charge < -0.3 is 19.5 Å². The summed E-state index contributed by atoms with van der Waals surface area (Å²) in [5, 5.41) is 17.3. The van der Waals surface area contributed by atoms with Crippen LogP contribution in [0.4, 0.5) is 0 Å². The molecular weight excluding hydrogens is 382 g/mol. The molecule has 7 nitrogen and oxygen atoms in total. The van der Waals surface area contributed by atoms with Crippen molar-refractivity contribution < 1.29 is 19.4 Å². The van der Waals surface area contributed by atoms with Gasteiger partial charge >= 0.3 is 0 Å². The Kier molecular flexibility index (Phi) is 7.02. The number of carbonyl (C=O) groups is 1. The largest absolute Gasteiger partial charge is 0.494 e. The number of hydrogen-bond donors (Lipinski definition) is 2. The maximum absolute atomic E-state index is 12.9. The van der Waals surface area contributed by atoms with Gasteiger partial charge in [-0.25, -0.2) is 0 Å². The third-order valence-corrected chi connectivity index (χ3v) is 5.30. The molecule has 1 saturated heterocycles. The number of likely N-dealkylation sites (tertiary alicyclic amines) is 1. The Hall–Kier alpha value is -2.54. The van der Waals surface area contributed by atoms with E-state index in [-0.39, 0.29) is 5.91 Å². The van der Waals surface area contributed by atoms with Gasteiger partial charge in [-0.2, -0.15) is 5.10 Å². The van der Waals surface area contributed by atoms with Crippen LogP contribution < -0.4 is 9.47 Å². The van der Waals surface area contributed by atoms with E-state index in [1.807, 2.05) is 50.8 Å². The molecule has 164 valence electrons. The fourth-order valence-electron chi connectivity index (χ4n) is 4.02. The van der Waals surface area contributed by atoms with E-state index in [0.717, 1.165) is 24.8 Å². The van der Waals surface area contributed by atoms with E-state index in [2.05, 4.69) is 10.2 Å². The Balaban J connectivity index is 1.70. The minimum absolute atomic E-state index is 0.0403. The molecule has 0 bridgehead atoms. The average molecular weight is 416 g/mol. The van der Waals surface area contributed by atoms with Crippen LogP contribution in [0.2, 0.25) is 0 Å². The quantitative estimate of drug-likeness (QED) is 0.683. The second-order valence-corrected chi connectivity index (χ2v) is 8.48. The number of nitrogens with one attached hydrogen (secondary N) is 1. The number of rotatable bonds is 8. The zero-order chi connectivity index (χ0) is 21.7. The lowest BCUT2D eigenvalue weighted by Crippen LogP contribution is -2.40. The number of amides is 1. The summed E-state index contributed by atoms with van der Waals surface area (Å²) in [5.74, 6) is 1.83. The summed E-state index contributed by atoms with van der Waals surface area (Å²) in [4.78, 5) is 14.8. The number of aromatic nitrogens is 2. The first kappa shape index (κ1) is 22.2. The summed E-state index contributed by atoms with van der Waals surface area (Å²) >= 11 is 0. The maximum Gasteiger partial charge on any atom is 0.271 e. The SMILES string of the molecule is CCOc1cc(OCC)cc(-c2cc(C(=O)N3CCC(CC(C)(C)O)CC3)[nH]n2)c1. The molecule has 3 rings (SSSR count). The van der Waals surface area contributed by atoms with Crippen molar-refractivity contribution in [2.24, 2.45) is 5.92 Å². The van der Waals surface area contributed by atoms with Crippen LogP contribution in [0.25, 0.3) is 11.3 Å². The molecule has 2 N–H and O–H groups in total. The molecular formula is C23H33N3O4. The minimum atomic E-state index is -0.661. The molecule has 0 spiro atoms. The van der Waals surface area contributed by atoms with Crippen LogP contribution in [-0.2, 0) is 0 Å². The van der Waals surface area contributed by atoms with Gasteiger partial charge in [-0.15, -0.1) is 0 Å². The Morgan fingerprint density at radius 1 is 1.13 bits per heavy atom. The van der Waals surface area contributed by atoms with Crippen molar-refractivity contribution in [1.82, 2.24) is 15.1 Å². The molecule has 2 heterocycles. The van der Waals surface area contributed by atoms with Crippen LogP contribution in [0.5, 0.6) is 11.5 Å². The number of H-pyrrole nitrogens is 1. The first-order valence-corrected chi connectivity index (χ1v) is 10.8. The number of ether oxygens (including phenoxy) is 2. The van der Waals surface area contributed by atoms with Crippen molar-refractivity contribution >= 4 is 5.91 Å². The summed E-state index contributed by atoms with van der Waals surface area (Å²) in [6.45, 7) is 10.1. The van der Waals surface area contributed by atoms with E-state index in [1.54, 1.807) is 6.07 Å².